The van der Waals surface area contributed by atoms with E-state index in [-0.39, 0.29) is 6.03 Å². The monoisotopic (exact) mass is 292 g/mol. The zero-order chi connectivity index (χ0) is 14.4. The van der Waals surface area contributed by atoms with Gasteiger partial charge in [0.1, 0.15) is 0 Å². The second kappa shape index (κ2) is 7.13. The van der Waals surface area contributed by atoms with Gasteiger partial charge in [-0.2, -0.15) is 5.26 Å². The Morgan fingerprint density at radius 3 is 2.50 bits per heavy atom. The van der Waals surface area contributed by atoms with Gasteiger partial charge in [-0.1, -0.05) is 11.6 Å². The number of piperazine rings is 1. The number of urea groups is 1. The molecule has 106 valence electrons. The standard InChI is InChI=1S/C14H17ClN4O/c15-12-2-4-13(5-3-12)17-14(20)19-10-8-18(9-11-19)7-1-6-16/h2-5H,1,7-11H2,(H,17,20). The predicted octanol–water partition coefficient (Wildman–Crippen LogP) is 2.40. The molecule has 1 aromatic rings. The van der Waals surface area contributed by atoms with Crippen LogP contribution in [0.5, 0.6) is 0 Å². The van der Waals surface area contributed by atoms with Crippen LogP contribution in [0.3, 0.4) is 0 Å². The molecule has 1 heterocycles. The van der Waals surface area contributed by atoms with Crippen molar-refractivity contribution in [2.75, 3.05) is 38.0 Å². The van der Waals surface area contributed by atoms with Gasteiger partial charge >= 0.3 is 6.03 Å². The lowest BCUT2D eigenvalue weighted by atomic mass is 10.3. The molecule has 0 atom stereocenters. The van der Waals surface area contributed by atoms with E-state index in [0.29, 0.717) is 24.5 Å². The van der Waals surface area contributed by atoms with Crippen LogP contribution in [0.25, 0.3) is 0 Å². The number of amides is 2. The van der Waals surface area contributed by atoms with Crippen molar-refractivity contribution < 1.29 is 4.79 Å². The fourth-order valence-electron chi connectivity index (χ4n) is 2.12. The number of nitrogens with one attached hydrogen (secondary N) is 1. The summed E-state index contributed by atoms with van der Waals surface area (Å²) in [6.45, 7) is 3.78. The molecule has 0 saturated carbocycles. The van der Waals surface area contributed by atoms with E-state index in [0.717, 1.165) is 25.3 Å². The molecular formula is C14H17ClN4O. The van der Waals surface area contributed by atoms with E-state index >= 15 is 0 Å². The van der Waals surface area contributed by atoms with Gasteiger partial charge in [0.2, 0.25) is 0 Å². The van der Waals surface area contributed by atoms with Crippen LogP contribution in [-0.2, 0) is 0 Å². The number of carbonyl (C=O) groups excluding carboxylic acids is 1. The summed E-state index contributed by atoms with van der Waals surface area (Å²) in [6.07, 6.45) is 0.539. The van der Waals surface area contributed by atoms with Crippen molar-refractivity contribution in [3.63, 3.8) is 0 Å². The molecular weight excluding hydrogens is 276 g/mol. The van der Waals surface area contributed by atoms with Gasteiger partial charge in [-0.15, -0.1) is 0 Å². The highest BCUT2D eigenvalue weighted by molar-refractivity contribution is 6.30. The van der Waals surface area contributed by atoms with Crippen LogP contribution in [0.2, 0.25) is 5.02 Å². The topological polar surface area (TPSA) is 59.4 Å². The van der Waals surface area contributed by atoms with E-state index in [1.165, 1.54) is 0 Å². The van der Waals surface area contributed by atoms with Crippen molar-refractivity contribution >= 4 is 23.3 Å². The Balaban J connectivity index is 1.80. The zero-order valence-electron chi connectivity index (χ0n) is 11.2. The number of benzene rings is 1. The normalized spacial score (nSPS) is 15.7. The molecule has 0 aromatic heterocycles. The van der Waals surface area contributed by atoms with Crippen LogP contribution in [0.1, 0.15) is 6.42 Å². The van der Waals surface area contributed by atoms with Gasteiger partial charge in [-0.05, 0) is 24.3 Å². The van der Waals surface area contributed by atoms with Crippen LogP contribution < -0.4 is 5.32 Å². The summed E-state index contributed by atoms with van der Waals surface area (Å²) in [7, 11) is 0. The number of nitriles is 1. The zero-order valence-corrected chi connectivity index (χ0v) is 11.9. The molecule has 2 amide bonds. The molecule has 1 fully saturated rings. The van der Waals surface area contributed by atoms with Crippen molar-refractivity contribution in [1.82, 2.24) is 9.80 Å². The number of nitrogens with zero attached hydrogens (tertiary/aromatic N) is 3. The first-order valence-corrected chi connectivity index (χ1v) is 6.97. The van der Waals surface area contributed by atoms with Crippen molar-refractivity contribution in [2.45, 2.75) is 6.42 Å². The maximum absolute atomic E-state index is 12.1. The summed E-state index contributed by atoms with van der Waals surface area (Å²) >= 11 is 5.80. The maximum Gasteiger partial charge on any atom is 0.321 e. The minimum absolute atomic E-state index is 0.0905. The molecule has 1 aromatic carbocycles. The Bertz CT molecular complexity index is 489. The average molecular weight is 293 g/mol. The smallest absolute Gasteiger partial charge is 0.321 e. The predicted molar refractivity (Wildman–Crippen MR) is 78.7 cm³/mol. The van der Waals surface area contributed by atoms with Gasteiger partial charge in [0, 0.05) is 49.9 Å². The number of halogens is 1. The largest absolute Gasteiger partial charge is 0.322 e. The summed E-state index contributed by atoms with van der Waals surface area (Å²) in [5, 5.41) is 12.1. The van der Waals surface area contributed by atoms with Crippen LogP contribution in [0.4, 0.5) is 10.5 Å². The Hall–Kier alpha value is -1.77. The molecule has 5 nitrogen and oxygen atoms in total. The minimum atomic E-state index is -0.0905. The van der Waals surface area contributed by atoms with Gasteiger partial charge in [-0.25, -0.2) is 4.79 Å². The van der Waals surface area contributed by atoms with Crippen LogP contribution >= 0.6 is 11.6 Å². The first-order valence-electron chi connectivity index (χ1n) is 6.60. The number of carbonyl (C=O) groups is 1. The van der Waals surface area contributed by atoms with Crippen molar-refractivity contribution in [2.24, 2.45) is 0 Å². The average Bonchev–Trinajstić information content (AvgIpc) is 2.48. The molecule has 6 heteroatoms. The van der Waals surface area contributed by atoms with Gasteiger partial charge in [0.05, 0.1) is 6.07 Å². The highest BCUT2D eigenvalue weighted by Crippen LogP contribution is 2.14. The molecule has 0 radical (unpaired) electrons. The van der Waals surface area contributed by atoms with E-state index in [1.807, 2.05) is 0 Å². The summed E-state index contributed by atoms with van der Waals surface area (Å²) < 4.78 is 0. The van der Waals surface area contributed by atoms with Crippen molar-refractivity contribution in [1.29, 1.82) is 5.26 Å². The van der Waals surface area contributed by atoms with Gasteiger partial charge in [-0.3, -0.25) is 4.90 Å². The second-order valence-electron chi connectivity index (χ2n) is 4.67. The Morgan fingerprint density at radius 2 is 1.90 bits per heavy atom. The lowest BCUT2D eigenvalue weighted by Crippen LogP contribution is -2.50. The molecule has 0 unspecified atom stereocenters. The number of rotatable bonds is 3. The van der Waals surface area contributed by atoms with Gasteiger partial charge in [0.25, 0.3) is 0 Å². The Labute approximate surface area is 123 Å². The third-order valence-corrected chi connectivity index (χ3v) is 3.55. The molecule has 1 saturated heterocycles. The molecule has 0 bridgehead atoms. The van der Waals surface area contributed by atoms with E-state index in [2.05, 4.69) is 16.3 Å². The lowest BCUT2D eigenvalue weighted by molar-refractivity contribution is 0.149. The summed E-state index contributed by atoms with van der Waals surface area (Å²) in [5.41, 5.74) is 0.742. The highest BCUT2D eigenvalue weighted by Gasteiger charge is 2.20. The fourth-order valence-corrected chi connectivity index (χ4v) is 2.24. The highest BCUT2D eigenvalue weighted by atomic mass is 35.5. The van der Waals surface area contributed by atoms with E-state index in [4.69, 9.17) is 16.9 Å². The first kappa shape index (κ1) is 14.6. The Morgan fingerprint density at radius 1 is 1.25 bits per heavy atom. The number of hydrogen-bond acceptors (Lipinski definition) is 3. The lowest BCUT2D eigenvalue weighted by Gasteiger charge is -2.34. The molecule has 0 spiro atoms. The minimum Gasteiger partial charge on any atom is -0.322 e. The van der Waals surface area contributed by atoms with Gasteiger partial charge < -0.3 is 10.2 Å². The molecule has 1 aliphatic heterocycles. The van der Waals surface area contributed by atoms with Gasteiger partial charge in [0.15, 0.2) is 0 Å². The maximum atomic E-state index is 12.1. The third-order valence-electron chi connectivity index (χ3n) is 3.29. The molecule has 0 aliphatic carbocycles. The number of hydrogen-bond donors (Lipinski definition) is 1. The molecule has 1 N–H and O–H groups in total. The van der Waals surface area contributed by atoms with Crippen LogP contribution in [0, 0.1) is 11.3 Å². The van der Waals surface area contributed by atoms with Crippen LogP contribution in [0.15, 0.2) is 24.3 Å². The quantitative estimate of drug-likeness (QED) is 0.930. The first-order chi connectivity index (χ1) is 9.69. The summed E-state index contributed by atoms with van der Waals surface area (Å²) in [4.78, 5) is 16.1. The second-order valence-corrected chi connectivity index (χ2v) is 5.11. The Kier molecular flexibility index (Phi) is 5.22. The van der Waals surface area contributed by atoms with E-state index in [1.54, 1.807) is 29.2 Å². The SMILES string of the molecule is N#CCCN1CCN(C(=O)Nc2ccc(Cl)cc2)CC1. The van der Waals surface area contributed by atoms with E-state index < -0.39 is 0 Å². The molecule has 20 heavy (non-hydrogen) atoms. The van der Waals surface area contributed by atoms with E-state index in [9.17, 15) is 4.79 Å². The van der Waals surface area contributed by atoms with Crippen molar-refractivity contribution in [3.8, 4) is 6.07 Å². The summed E-state index contributed by atoms with van der Waals surface area (Å²) in [5.74, 6) is 0. The molecule has 1 aliphatic rings. The molecule has 2 rings (SSSR count). The third kappa shape index (κ3) is 4.12. The van der Waals surface area contributed by atoms with Crippen LogP contribution in [-0.4, -0.2) is 48.6 Å². The fraction of sp³-hybridized carbons (Fsp3) is 0.429. The summed E-state index contributed by atoms with van der Waals surface area (Å²) in [6, 6.07) is 9.11. The number of anilines is 1. The van der Waals surface area contributed by atoms with Crippen molar-refractivity contribution in [3.05, 3.63) is 29.3 Å².